The SMILES string of the molecule is O=C(c1ccc(COCC(F)(F)F)cc1)N(Cc1ccsc1)C1CC1. The smallest absolute Gasteiger partial charge is 0.367 e. The molecule has 1 fully saturated rings. The van der Waals surface area contributed by atoms with E-state index in [1.165, 1.54) is 0 Å². The van der Waals surface area contributed by atoms with Crippen molar-refractivity contribution in [3.05, 3.63) is 57.8 Å². The van der Waals surface area contributed by atoms with E-state index in [-0.39, 0.29) is 18.6 Å². The van der Waals surface area contributed by atoms with E-state index in [1.54, 1.807) is 35.6 Å². The van der Waals surface area contributed by atoms with Crippen molar-refractivity contribution in [2.24, 2.45) is 0 Å². The van der Waals surface area contributed by atoms with Crippen LogP contribution < -0.4 is 0 Å². The minimum Gasteiger partial charge on any atom is -0.367 e. The van der Waals surface area contributed by atoms with Crippen LogP contribution in [0.25, 0.3) is 0 Å². The summed E-state index contributed by atoms with van der Waals surface area (Å²) in [6.07, 6.45) is -2.30. The van der Waals surface area contributed by atoms with Crippen molar-refractivity contribution >= 4 is 17.2 Å². The molecule has 0 bridgehead atoms. The number of hydrogen-bond donors (Lipinski definition) is 0. The molecule has 1 amide bonds. The number of benzene rings is 1. The van der Waals surface area contributed by atoms with Gasteiger partial charge in [0.05, 0.1) is 6.61 Å². The van der Waals surface area contributed by atoms with Gasteiger partial charge in [0.1, 0.15) is 6.61 Å². The maximum atomic E-state index is 12.8. The third-order valence-electron chi connectivity index (χ3n) is 3.92. The van der Waals surface area contributed by atoms with E-state index in [0.717, 1.165) is 18.4 Å². The fourth-order valence-electron chi connectivity index (χ4n) is 2.53. The van der Waals surface area contributed by atoms with E-state index in [9.17, 15) is 18.0 Å². The number of thiophene rings is 1. The van der Waals surface area contributed by atoms with Gasteiger partial charge in [-0.2, -0.15) is 24.5 Å². The van der Waals surface area contributed by atoms with Crippen molar-refractivity contribution < 1.29 is 22.7 Å². The summed E-state index contributed by atoms with van der Waals surface area (Å²) in [5.41, 5.74) is 2.26. The summed E-state index contributed by atoms with van der Waals surface area (Å²) in [6.45, 7) is -0.817. The second kappa shape index (κ2) is 7.58. The zero-order chi connectivity index (χ0) is 17.9. The van der Waals surface area contributed by atoms with Crippen LogP contribution in [-0.4, -0.2) is 29.6 Å². The molecule has 3 nitrogen and oxygen atoms in total. The predicted molar refractivity (Wildman–Crippen MR) is 89.4 cm³/mol. The van der Waals surface area contributed by atoms with E-state index in [2.05, 4.69) is 4.74 Å². The van der Waals surface area contributed by atoms with Crippen LogP contribution in [-0.2, 0) is 17.9 Å². The maximum absolute atomic E-state index is 12.8. The Labute approximate surface area is 148 Å². The number of nitrogens with zero attached hydrogens (tertiary/aromatic N) is 1. The Bertz CT molecular complexity index is 694. The van der Waals surface area contributed by atoms with Crippen LogP contribution in [0.3, 0.4) is 0 Å². The average molecular weight is 369 g/mol. The highest BCUT2D eigenvalue weighted by atomic mass is 32.1. The Balaban J connectivity index is 1.61. The van der Waals surface area contributed by atoms with Crippen LogP contribution in [0.5, 0.6) is 0 Å². The van der Waals surface area contributed by atoms with Crippen molar-refractivity contribution in [1.82, 2.24) is 4.90 Å². The monoisotopic (exact) mass is 369 g/mol. The number of ether oxygens (including phenoxy) is 1. The van der Waals surface area contributed by atoms with E-state index in [0.29, 0.717) is 17.7 Å². The summed E-state index contributed by atoms with van der Waals surface area (Å²) >= 11 is 1.60. The first-order valence-electron chi connectivity index (χ1n) is 7.98. The second-order valence-corrected chi connectivity index (χ2v) is 6.88. The van der Waals surface area contributed by atoms with Crippen LogP contribution in [0.1, 0.15) is 34.3 Å². The number of hydrogen-bond acceptors (Lipinski definition) is 3. The lowest BCUT2D eigenvalue weighted by Crippen LogP contribution is -2.32. The molecule has 1 aliphatic rings. The lowest BCUT2D eigenvalue weighted by Gasteiger charge is -2.22. The topological polar surface area (TPSA) is 29.5 Å². The van der Waals surface area contributed by atoms with Gasteiger partial charge in [0.25, 0.3) is 5.91 Å². The maximum Gasteiger partial charge on any atom is 0.411 e. The summed E-state index contributed by atoms with van der Waals surface area (Å²) in [7, 11) is 0. The summed E-state index contributed by atoms with van der Waals surface area (Å²) in [5, 5.41) is 4.02. The van der Waals surface area contributed by atoms with Crippen LogP contribution >= 0.6 is 11.3 Å². The Morgan fingerprint density at radius 1 is 1.16 bits per heavy atom. The molecular formula is C18H18F3NO2S. The standard InChI is InChI=1S/C18H18F3NO2S/c19-18(20,21)12-24-10-13-1-3-15(4-2-13)17(23)22(16-5-6-16)9-14-7-8-25-11-14/h1-4,7-8,11,16H,5-6,9-10,12H2. The minimum absolute atomic E-state index is 0.0449. The molecular weight excluding hydrogens is 351 g/mol. The van der Waals surface area contributed by atoms with E-state index in [1.807, 2.05) is 21.7 Å². The van der Waals surface area contributed by atoms with Gasteiger partial charge in [-0.15, -0.1) is 0 Å². The second-order valence-electron chi connectivity index (χ2n) is 6.10. The summed E-state index contributed by atoms with van der Waals surface area (Å²) in [5.74, 6) is -0.0449. The van der Waals surface area contributed by atoms with Crippen molar-refractivity contribution in [2.75, 3.05) is 6.61 Å². The van der Waals surface area contributed by atoms with Crippen molar-refractivity contribution in [3.8, 4) is 0 Å². The highest BCUT2D eigenvalue weighted by molar-refractivity contribution is 7.07. The molecule has 1 saturated carbocycles. The summed E-state index contributed by atoms with van der Waals surface area (Å²) in [4.78, 5) is 14.6. The molecule has 25 heavy (non-hydrogen) atoms. The van der Waals surface area contributed by atoms with E-state index in [4.69, 9.17) is 0 Å². The highest BCUT2D eigenvalue weighted by Crippen LogP contribution is 2.30. The fraction of sp³-hybridized carbons (Fsp3) is 0.389. The van der Waals surface area contributed by atoms with Gasteiger partial charge in [-0.25, -0.2) is 0 Å². The molecule has 0 aliphatic heterocycles. The molecule has 0 radical (unpaired) electrons. The minimum atomic E-state index is -4.33. The summed E-state index contributed by atoms with van der Waals surface area (Å²) in [6, 6.07) is 8.87. The lowest BCUT2D eigenvalue weighted by atomic mass is 10.1. The number of carbonyl (C=O) groups is 1. The van der Waals surface area contributed by atoms with Crippen molar-refractivity contribution in [3.63, 3.8) is 0 Å². The molecule has 1 aromatic carbocycles. The van der Waals surface area contributed by atoms with Crippen LogP contribution in [0.15, 0.2) is 41.1 Å². The molecule has 1 heterocycles. The van der Waals surface area contributed by atoms with Gasteiger partial charge >= 0.3 is 6.18 Å². The Hall–Kier alpha value is -1.86. The predicted octanol–water partition coefficient (Wildman–Crippen LogP) is 4.63. The zero-order valence-corrected chi connectivity index (χ0v) is 14.3. The molecule has 1 aromatic heterocycles. The highest BCUT2D eigenvalue weighted by Gasteiger charge is 2.33. The normalized spacial score (nSPS) is 14.5. The number of halogens is 3. The summed E-state index contributed by atoms with van der Waals surface area (Å²) < 4.78 is 40.9. The van der Waals surface area contributed by atoms with Gasteiger partial charge in [-0.1, -0.05) is 12.1 Å². The fourth-order valence-corrected chi connectivity index (χ4v) is 3.19. The van der Waals surface area contributed by atoms with Gasteiger partial charge < -0.3 is 9.64 Å². The average Bonchev–Trinajstić information content (AvgIpc) is 3.28. The third kappa shape index (κ3) is 5.31. The Kier molecular flexibility index (Phi) is 5.44. The molecule has 0 saturated heterocycles. The Morgan fingerprint density at radius 3 is 2.44 bits per heavy atom. The van der Waals surface area contributed by atoms with E-state index >= 15 is 0 Å². The van der Waals surface area contributed by atoms with Crippen LogP contribution in [0.4, 0.5) is 13.2 Å². The molecule has 1 aliphatic carbocycles. The first-order valence-corrected chi connectivity index (χ1v) is 8.92. The number of alkyl halides is 3. The van der Waals surface area contributed by atoms with Crippen molar-refractivity contribution in [1.29, 1.82) is 0 Å². The molecule has 0 N–H and O–H groups in total. The number of amides is 1. The number of carbonyl (C=O) groups excluding carboxylic acids is 1. The zero-order valence-electron chi connectivity index (χ0n) is 13.5. The number of rotatable bonds is 7. The molecule has 7 heteroatoms. The van der Waals surface area contributed by atoms with Crippen molar-refractivity contribution in [2.45, 2.75) is 38.2 Å². The van der Waals surface area contributed by atoms with Crippen LogP contribution in [0.2, 0.25) is 0 Å². The first-order chi connectivity index (χ1) is 11.9. The molecule has 2 aromatic rings. The third-order valence-corrected chi connectivity index (χ3v) is 4.65. The van der Waals surface area contributed by atoms with Crippen LogP contribution in [0, 0.1) is 0 Å². The van der Waals surface area contributed by atoms with Gasteiger partial charge in [-0.05, 0) is 52.9 Å². The largest absolute Gasteiger partial charge is 0.411 e. The Morgan fingerprint density at radius 2 is 1.88 bits per heavy atom. The molecule has 0 atom stereocenters. The molecule has 3 rings (SSSR count). The van der Waals surface area contributed by atoms with Gasteiger partial charge in [0.2, 0.25) is 0 Å². The van der Waals surface area contributed by atoms with Gasteiger partial charge in [-0.3, -0.25) is 4.79 Å². The van der Waals surface area contributed by atoms with Gasteiger partial charge in [0.15, 0.2) is 0 Å². The molecule has 0 unspecified atom stereocenters. The van der Waals surface area contributed by atoms with E-state index < -0.39 is 12.8 Å². The molecule has 0 spiro atoms. The van der Waals surface area contributed by atoms with Gasteiger partial charge in [0, 0.05) is 18.2 Å². The lowest BCUT2D eigenvalue weighted by molar-refractivity contribution is -0.176. The molecule has 134 valence electrons. The quantitative estimate of drug-likeness (QED) is 0.712. The first kappa shape index (κ1) is 17.9.